The van der Waals surface area contributed by atoms with Gasteiger partial charge in [-0.3, -0.25) is 4.79 Å². The fourth-order valence-corrected chi connectivity index (χ4v) is 4.25. The molecule has 0 heterocycles. The lowest BCUT2D eigenvalue weighted by atomic mass is 9.80. The van der Waals surface area contributed by atoms with Gasteiger partial charge < -0.3 is 19.5 Å². The Kier molecular flexibility index (Phi) is 6.79. The summed E-state index contributed by atoms with van der Waals surface area (Å²) in [6.07, 6.45) is 2.52. The summed E-state index contributed by atoms with van der Waals surface area (Å²) in [4.78, 5) is 38.0. The van der Waals surface area contributed by atoms with Crippen LogP contribution in [0, 0.1) is 5.92 Å². The summed E-state index contributed by atoms with van der Waals surface area (Å²) in [6, 6.07) is 16.2. The van der Waals surface area contributed by atoms with E-state index in [1.165, 1.54) is 14.2 Å². The molecule has 0 saturated heterocycles. The highest BCUT2D eigenvalue weighted by molar-refractivity contribution is 5.89. The summed E-state index contributed by atoms with van der Waals surface area (Å²) in [5, 5.41) is 3.12. The number of rotatable bonds is 9. The number of benzene rings is 2. The number of carbonyl (C=O) groups excluding carboxylic acids is 3. The lowest BCUT2D eigenvalue weighted by molar-refractivity contribution is -0.171. The van der Waals surface area contributed by atoms with Crippen LogP contribution in [-0.4, -0.2) is 38.2 Å². The average Bonchev–Trinajstić information content (AvgIpc) is 3.58. The van der Waals surface area contributed by atoms with Crippen LogP contribution < -0.4 is 5.32 Å². The minimum Gasteiger partial charge on any atom is -0.465 e. The number of ether oxygens (including phenoxy) is 3. The molecule has 2 aromatic rings. The van der Waals surface area contributed by atoms with Gasteiger partial charge in [0, 0.05) is 13.0 Å². The normalized spacial score (nSPS) is 18.4. The van der Waals surface area contributed by atoms with Crippen LogP contribution >= 0.6 is 0 Å². The summed E-state index contributed by atoms with van der Waals surface area (Å²) in [5.41, 5.74) is 1.56. The minimum atomic E-state index is -0.887. The number of amides is 1. The first-order chi connectivity index (χ1) is 16.0. The monoisotopic (exact) mass is 451 g/mol. The maximum absolute atomic E-state index is 13.3. The first kappa shape index (κ1) is 23.0. The van der Waals surface area contributed by atoms with E-state index >= 15 is 0 Å². The van der Waals surface area contributed by atoms with Crippen molar-refractivity contribution in [2.75, 3.05) is 14.2 Å². The molecular weight excluding hydrogens is 422 g/mol. The van der Waals surface area contributed by atoms with Crippen LogP contribution in [0.2, 0.25) is 0 Å². The van der Waals surface area contributed by atoms with Crippen molar-refractivity contribution in [2.45, 2.75) is 49.9 Å². The van der Waals surface area contributed by atoms with Crippen LogP contribution in [0.4, 0.5) is 0 Å². The predicted molar refractivity (Wildman–Crippen MR) is 120 cm³/mol. The van der Waals surface area contributed by atoms with Gasteiger partial charge in [0.1, 0.15) is 0 Å². The van der Waals surface area contributed by atoms with Crippen molar-refractivity contribution in [3.05, 3.63) is 71.3 Å². The Balaban J connectivity index is 1.47. The predicted octanol–water partition coefficient (Wildman–Crippen LogP) is 3.68. The maximum Gasteiger partial charge on any atom is 0.340 e. The quantitative estimate of drug-likeness (QED) is 0.585. The first-order valence-electron chi connectivity index (χ1n) is 11.3. The summed E-state index contributed by atoms with van der Waals surface area (Å²) in [5.74, 6) is -1.26. The third-order valence-electron chi connectivity index (χ3n) is 6.60. The highest BCUT2D eigenvalue weighted by Gasteiger charge is 2.48. The third-order valence-corrected chi connectivity index (χ3v) is 6.60. The van der Waals surface area contributed by atoms with Gasteiger partial charge in [0.05, 0.1) is 18.2 Å². The molecule has 7 heteroatoms. The first-order valence-corrected chi connectivity index (χ1v) is 11.3. The Morgan fingerprint density at radius 1 is 0.970 bits per heavy atom. The second-order valence-corrected chi connectivity index (χ2v) is 8.72. The summed E-state index contributed by atoms with van der Waals surface area (Å²) >= 11 is 0. The molecule has 2 fully saturated rings. The maximum atomic E-state index is 13.3. The van der Waals surface area contributed by atoms with E-state index in [0.29, 0.717) is 11.1 Å². The van der Waals surface area contributed by atoms with Gasteiger partial charge in [0.25, 0.3) is 5.91 Å². The number of esters is 2. The molecule has 33 heavy (non-hydrogen) atoms. The molecule has 4 rings (SSSR count). The number of methoxy groups -OCH3 is 2. The SMILES string of the molecule is COC(=O)c1ccc(C2(NC(=O)[C@H](OC(=O)[C@H](OC)c3ccccc3)C3CCC3)CC2)cc1. The Bertz CT molecular complexity index is 995. The van der Waals surface area contributed by atoms with E-state index in [2.05, 4.69) is 5.32 Å². The summed E-state index contributed by atoms with van der Waals surface area (Å²) < 4.78 is 15.9. The molecular formula is C26H29NO6. The van der Waals surface area contributed by atoms with E-state index < -0.39 is 29.7 Å². The molecule has 2 aliphatic carbocycles. The van der Waals surface area contributed by atoms with Crippen molar-refractivity contribution in [1.29, 1.82) is 0 Å². The van der Waals surface area contributed by atoms with Gasteiger partial charge in [0.2, 0.25) is 0 Å². The van der Waals surface area contributed by atoms with Crippen molar-refractivity contribution in [3.63, 3.8) is 0 Å². The Morgan fingerprint density at radius 2 is 1.64 bits per heavy atom. The topological polar surface area (TPSA) is 90.9 Å². The molecule has 1 amide bonds. The fourth-order valence-electron chi connectivity index (χ4n) is 4.25. The molecule has 1 N–H and O–H groups in total. The van der Waals surface area contributed by atoms with Crippen molar-refractivity contribution in [1.82, 2.24) is 5.32 Å². The van der Waals surface area contributed by atoms with E-state index in [4.69, 9.17) is 14.2 Å². The average molecular weight is 452 g/mol. The number of nitrogens with one attached hydrogen (secondary N) is 1. The summed E-state index contributed by atoms with van der Waals surface area (Å²) in [6.45, 7) is 0. The summed E-state index contributed by atoms with van der Waals surface area (Å²) in [7, 11) is 2.79. The molecule has 0 radical (unpaired) electrons. The molecule has 0 aliphatic heterocycles. The minimum absolute atomic E-state index is 0.000250. The van der Waals surface area contributed by atoms with E-state index in [9.17, 15) is 14.4 Å². The van der Waals surface area contributed by atoms with Gasteiger partial charge in [0.15, 0.2) is 12.2 Å². The zero-order valence-electron chi connectivity index (χ0n) is 18.9. The van der Waals surface area contributed by atoms with E-state index in [0.717, 1.165) is 37.7 Å². The molecule has 2 aliphatic rings. The van der Waals surface area contributed by atoms with Crippen molar-refractivity contribution in [3.8, 4) is 0 Å². The smallest absolute Gasteiger partial charge is 0.340 e. The fraction of sp³-hybridized carbons (Fsp3) is 0.423. The largest absolute Gasteiger partial charge is 0.465 e. The van der Waals surface area contributed by atoms with Gasteiger partial charge in [-0.15, -0.1) is 0 Å². The number of hydrogen-bond donors (Lipinski definition) is 1. The van der Waals surface area contributed by atoms with Crippen LogP contribution in [0.1, 0.15) is 59.7 Å². The molecule has 0 aromatic heterocycles. The van der Waals surface area contributed by atoms with Crippen LogP contribution in [0.15, 0.2) is 54.6 Å². The van der Waals surface area contributed by atoms with Crippen molar-refractivity contribution < 1.29 is 28.6 Å². The second-order valence-electron chi connectivity index (χ2n) is 8.72. The molecule has 7 nitrogen and oxygen atoms in total. The van der Waals surface area contributed by atoms with Crippen molar-refractivity contribution >= 4 is 17.8 Å². The zero-order valence-corrected chi connectivity index (χ0v) is 18.9. The molecule has 0 spiro atoms. The number of hydrogen-bond acceptors (Lipinski definition) is 6. The Morgan fingerprint density at radius 3 is 2.15 bits per heavy atom. The van der Waals surface area contributed by atoms with Gasteiger partial charge in [-0.05, 0) is 48.9 Å². The molecule has 2 saturated carbocycles. The van der Waals surface area contributed by atoms with Gasteiger partial charge >= 0.3 is 11.9 Å². The van der Waals surface area contributed by atoms with Crippen LogP contribution in [0.5, 0.6) is 0 Å². The lowest BCUT2D eigenvalue weighted by Crippen LogP contribution is -2.48. The Labute approximate surface area is 193 Å². The zero-order chi connectivity index (χ0) is 23.4. The van der Waals surface area contributed by atoms with Crippen LogP contribution in [0.25, 0.3) is 0 Å². The Hall–Kier alpha value is -3.19. The van der Waals surface area contributed by atoms with Crippen LogP contribution in [0.3, 0.4) is 0 Å². The van der Waals surface area contributed by atoms with E-state index in [-0.39, 0.29) is 11.8 Å². The third kappa shape index (κ3) is 4.93. The number of carbonyl (C=O) groups is 3. The van der Waals surface area contributed by atoms with Gasteiger partial charge in [-0.1, -0.05) is 48.9 Å². The molecule has 2 atom stereocenters. The van der Waals surface area contributed by atoms with Crippen molar-refractivity contribution in [2.24, 2.45) is 5.92 Å². The standard InChI is InChI=1S/C26H29NO6/c1-31-22(18-7-4-3-5-8-18)25(30)33-21(17-9-6-10-17)23(28)27-26(15-16-26)20-13-11-19(12-14-20)24(29)32-2/h3-5,7-8,11-14,17,21-22H,6,9-10,15-16H2,1-2H3,(H,27,28)/t21-,22-/m1/s1. The van der Waals surface area contributed by atoms with Crippen LogP contribution in [-0.2, 0) is 29.3 Å². The van der Waals surface area contributed by atoms with Gasteiger partial charge in [-0.2, -0.15) is 0 Å². The molecule has 174 valence electrons. The highest BCUT2D eigenvalue weighted by Crippen LogP contribution is 2.46. The molecule has 0 unspecified atom stereocenters. The highest BCUT2D eigenvalue weighted by atomic mass is 16.6. The lowest BCUT2D eigenvalue weighted by Gasteiger charge is -2.34. The van der Waals surface area contributed by atoms with E-state index in [1.54, 1.807) is 24.3 Å². The van der Waals surface area contributed by atoms with E-state index in [1.807, 2.05) is 30.3 Å². The second kappa shape index (κ2) is 9.75. The molecule has 2 aromatic carbocycles. The molecule has 0 bridgehead atoms. The van der Waals surface area contributed by atoms with Gasteiger partial charge in [-0.25, -0.2) is 9.59 Å².